The van der Waals surface area contributed by atoms with Gasteiger partial charge in [0.2, 0.25) is 0 Å². The van der Waals surface area contributed by atoms with Crippen LogP contribution in [0.1, 0.15) is 51.0 Å². The number of fused-ring (bicyclic) bond motifs is 1. The van der Waals surface area contributed by atoms with E-state index in [-0.39, 0.29) is 5.69 Å². The molecule has 0 amide bonds. The molecule has 0 saturated heterocycles. The number of thioether (sulfide) groups is 1. The van der Waals surface area contributed by atoms with Crippen LogP contribution in [0.4, 0.5) is 5.69 Å². The van der Waals surface area contributed by atoms with Gasteiger partial charge < -0.3 is 14.0 Å². The number of methoxy groups -OCH3 is 2. The van der Waals surface area contributed by atoms with E-state index in [0.717, 1.165) is 23.6 Å². The summed E-state index contributed by atoms with van der Waals surface area (Å²) in [5.41, 5.74) is 2.10. The van der Waals surface area contributed by atoms with Crippen molar-refractivity contribution in [1.82, 2.24) is 9.55 Å². The Morgan fingerprint density at radius 3 is 2.32 bits per heavy atom. The van der Waals surface area contributed by atoms with Crippen molar-refractivity contribution in [1.29, 1.82) is 5.41 Å². The van der Waals surface area contributed by atoms with Gasteiger partial charge in [0.05, 0.1) is 24.7 Å². The SMILES string of the molecule is CCCCCCCCn1c(SCc2ccc([N+](=O)[O-])cc2)nc2cc(OC)c(OC)cc2c1=N. The molecule has 3 aromatic rings. The lowest BCUT2D eigenvalue weighted by Gasteiger charge is -2.16. The Kier molecular flexibility index (Phi) is 9.33. The summed E-state index contributed by atoms with van der Waals surface area (Å²) in [7, 11) is 3.16. The minimum Gasteiger partial charge on any atom is -0.493 e. The fraction of sp³-hybridized carbons (Fsp3) is 0.440. The van der Waals surface area contributed by atoms with Gasteiger partial charge in [-0.05, 0) is 18.1 Å². The van der Waals surface area contributed by atoms with Crippen molar-refractivity contribution in [3.05, 3.63) is 57.6 Å². The molecule has 0 spiro atoms. The number of nitrogens with zero attached hydrogens (tertiary/aromatic N) is 3. The number of ether oxygens (including phenoxy) is 2. The molecule has 0 unspecified atom stereocenters. The molecule has 0 saturated carbocycles. The third kappa shape index (κ3) is 6.28. The number of benzene rings is 2. The average Bonchev–Trinajstić information content (AvgIpc) is 2.85. The van der Waals surface area contributed by atoms with Crippen LogP contribution in [-0.4, -0.2) is 28.7 Å². The van der Waals surface area contributed by atoms with Crippen molar-refractivity contribution in [2.24, 2.45) is 0 Å². The van der Waals surface area contributed by atoms with Gasteiger partial charge in [0, 0.05) is 35.9 Å². The Balaban J connectivity index is 1.90. The van der Waals surface area contributed by atoms with Gasteiger partial charge in [-0.1, -0.05) is 62.9 Å². The van der Waals surface area contributed by atoms with Crippen LogP contribution in [0, 0.1) is 15.5 Å². The molecule has 0 atom stereocenters. The van der Waals surface area contributed by atoms with Gasteiger partial charge >= 0.3 is 0 Å². The lowest BCUT2D eigenvalue weighted by atomic mass is 10.1. The molecular formula is C25H32N4O4S. The summed E-state index contributed by atoms with van der Waals surface area (Å²) in [4.78, 5) is 15.4. The highest BCUT2D eigenvalue weighted by atomic mass is 32.2. The van der Waals surface area contributed by atoms with Crippen molar-refractivity contribution in [2.45, 2.75) is 62.9 Å². The molecule has 0 radical (unpaired) electrons. The second-order valence-electron chi connectivity index (χ2n) is 8.10. The quantitative estimate of drug-likeness (QED) is 0.103. The van der Waals surface area contributed by atoms with Crippen molar-refractivity contribution < 1.29 is 14.4 Å². The summed E-state index contributed by atoms with van der Waals surface area (Å²) in [5.74, 6) is 1.74. The highest BCUT2D eigenvalue weighted by Crippen LogP contribution is 2.31. The maximum Gasteiger partial charge on any atom is 0.269 e. The fourth-order valence-corrected chi connectivity index (χ4v) is 4.77. The average molecular weight is 485 g/mol. The van der Waals surface area contributed by atoms with Crippen LogP contribution >= 0.6 is 11.8 Å². The zero-order valence-corrected chi connectivity index (χ0v) is 20.8. The summed E-state index contributed by atoms with van der Waals surface area (Å²) < 4.78 is 12.8. The van der Waals surface area contributed by atoms with E-state index in [2.05, 4.69) is 6.92 Å². The van der Waals surface area contributed by atoms with Crippen LogP contribution in [0.2, 0.25) is 0 Å². The van der Waals surface area contributed by atoms with Gasteiger partial charge in [-0.3, -0.25) is 15.5 Å². The van der Waals surface area contributed by atoms with E-state index in [9.17, 15) is 10.1 Å². The van der Waals surface area contributed by atoms with Crippen LogP contribution in [0.15, 0.2) is 41.6 Å². The first-order valence-corrected chi connectivity index (χ1v) is 12.5. The smallest absolute Gasteiger partial charge is 0.269 e. The Morgan fingerprint density at radius 1 is 1.03 bits per heavy atom. The summed E-state index contributed by atoms with van der Waals surface area (Å²) in [5, 5.41) is 21.3. The van der Waals surface area contributed by atoms with Crippen LogP contribution in [-0.2, 0) is 12.3 Å². The van der Waals surface area contributed by atoms with E-state index in [1.807, 2.05) is 10.6 Å². The molecule has 0 aliphatic rings. The molecular weight excluding hydrogens is 452 g/mol. The Bertz CT molecular complexity index is 1180. The number of hydrogen-bond donors (Lipinski definition) is 1. The van der Waals surface area contributed by atoms with Crippen molar-refractivity contribution in [3.63, 3.8) is 0 Å². The second-order valence-corrected chi connectivity index (χ2v) is 9.04. The van der Waals surface area contributed by atoms with E-state index in [1.54, 1.807) is 32.4 Å². The van der Waals surface area contributed by atoms with Crippen molar-refractivity contribution in [3.8, 4) is 11.5 Å². The van der Waals surface area contributed by atoms with Gasteiger partial charge in [0.15, 0.2) is 16.7 Å². The molecule has 0 fully saturated rings. The third-order valence-electron chi connectivity index (χ3n) is 5.72. The summed E-state index contributed by atoms with van der Waals surface area (Å²) >= 11 is 1.53. The van der Waals surface area contributed by atoms with Crippen molar-refractivity contribution >= 4 is 28.4 Å². The van der Waals surface area contributed by atoms with E-state index in [1.165, 1.54) is 49.6 Å². The molecule has 8 nitrogen and oxygen atoms in total. The molecule has 182 valence electrons. The van der Waals surface area contributed by atoms with Gasteiger partial charge in [-0.2, -0.15) is 0 Å². The number of non-ortho nitro benzene ring substituents is 1. The minimum absolute atomic E-state index is 0.0743. The fourth-order valence-electron chi connectivity index (χ4n) is 3.78. The topological polar surface area (TPSA) is 103 Å². The normalized spacial score (nSPS) is 11.0. The monoisotopic (exact) mass is 484 g/mol. The third-order valence-corrected chi connectivity index (χ3v) is 6.77. The predicted molar refractivity (Wildman–Crippen MR) is 135 cm³/mol. The highest BCUT2D eigenvalue weighted by molar-refractivity contribution is 7.98. The maximum atomic E-state index is 10.9. The zero-order chi connectivity index (χ0) is 24.5. The number of rotatable bonds is 13. The summed E-state index contributed by atoms with van der Waals surface area (Å²) in [6, 6.07) is 10.2. The number of nitrogens with one attached hydrogen (secondary N) is 1. The Morgan fingerprint density at radius 2 is 1.68 bits per heavy atom. The molecule has 0 aliphatic carbocycles. The summed E-state index contributed by atoms with van der Waals surface area (Å²) in [6.07, 6.45) is 7.00. The lowest BCUT2D eigenvalue weighted by Crippen LogP contribution is -2.24. The Labute approximate surface area is 204 Å². The van der Waals surface area contributed by atoms with Crippen LogP contribution in [0.25, 0.3) is 10.9 Å². The summed E-state index contributed by atoms with van der Waals surface area (Å²) in [6.45, 7) is 2.92. The molecule has 2 aromatic carbocycles. The zero-order valence-electron chi connectivity index (χ0n) is 20.0. The number of aromatic nitrogens is 2. The predicted octanol–water partition coefficient (Wildman–Crippen LogP) is 6.09. The molecule has 1 heterocycles. The molecule has 34 heavy (non-hydrogen) atoms. The number of nitro groups is 1. The van der Waals surface area contributed by atoms with Gasteiger partial charge in [-0.15, -0.1) is 0 Å². The number of nitro benzene ring substituents is 1. The van der Waals surface area contributed by atoms with E-state index < -0.39 is 4.92 Å². The number of hydrogen-bond acceptors (Lipinski definition) is 7. The molecule has 1 N–H and O–H groups in total. The molecule has 3 rings (SSSR count). The van der Waals surface area contributed by atoms with Crippen molar-refractivity contribution in [2.75, 3.05) is 14.2 Å². The lowest BCUT2D eigenvalue weighted by molar-refractivity contribution is -0.384. The highest BCUT2D eigenvalue weighted by Gasteiger charge is 2.14. The first kappa shape index (κ1) is 25.6. The maximum absolute atomic E-state index is 10.9. The van der Waals surface area contributed by atoms with Crippen LogP contribution in [0.5, 0.6) is 11.5 Å². The van der Waals surface area contributed by atoms with E-state index >= 15 is 0 Å². The van der Waals surface area contributed by atoms with Crippen LogP contribution in [0.3, 0.4) is 0 Å². The molecule has 9 heteroatoms. The van der Waals surface area contributed by atoms with Crippen LogP contribution < -0.4 is 15.0 Å². The number of unbranched alkanes of at least 4 members (excludes halogenated alkanes) is 5. The van der Waals surface area contributed by atoms with E-state index in [4.69, 9.17) is 19.9 Å². The van der Waals surface area contributed by atoms with E-state index in [0.29, 0.717) is 40.2 Å². The molecule has 0 aliphatic heterocycles. The van der Waals surface area contributed by atoms with Gasteiger partial charge in [-0.25, -0.2) is 4.98 Å². The first-order chi connectivity index (χ1) is 16.5. The second kappa shape index (κ2) is 12.4. The molecule has 0 bridgehead atoms. The first-order valence-electron chi connectivity index (χ1n) is 11.6. The van der Waals surface area contributed by atoms with Gasteiger partial charge in [0.1, 0.15) is 5.49 Å². The minimum atomic E-state index is -0.399. The van der Waals surface area contributed by atoms with Gasteiger partial charge in [0.25, 0.3) is 5.69 Å². The molecule has 1 aromatic heterocycles. The Hall–Kier alpha value is -3.07. The largest absolute Gasteiger partial charge is 0.493 e. The standard InChI is InChI=1S/C25H32N4O4S/c1-4-5-6-7-8-9-14-28-24(26)20-15-22(32-2)23(33-3)16-21(20)27-25(28)34-17-18-10-12-19(13-11-18)29(30)31/h10-13,15-16,26H,4-9,14,17H2,1-3H3.